The molecule has 0 amide bonds. The molecule has 2 rings (SSSR count). The van der Waals surface area contributed by atoms with Crippen molar-refractivity contribution in [2.24, 2.45) is 0 Å². The molecule has 134 valence electrons. The third-order valence-electron chi connectivity index (χ3n) is 2.80. The first-order valence-corrected chi connectivity index (χ1v) is 7.99. The van der Waals surface area contributed by atoms with Crippen LogP contribution in [0.2, 0.25) is 0 Å². The number of carbonyl (C=O) groups excluding carboxylic acids is 2. The molecular formula is C15H16FN3O5S. The number of ether oxygens (including phenoxy) is 3. The minimum Gasteiger partial charge on any atom is -0.463 e. The van der Waals surface area contributed by atoms with Gasteiger partial charge in [0, 0.05) is 6.92 Å². The summed E-state index contributed by atoms with van der Waals surface area (Å²) in [7, 11) is 1.21. The van der Waals surface area contributed by atoms with Gasteiger partial charge in [-0.25, -0.2) is 13.9 Å². The van der Waals surface area contributed by atoms with Crippen LogP contribution in [0.15, 0.2) is 34.3 Å². The second kappa shape index (κ2) is 9.14. The molecule has 0 atom stereocenters. The lowest BCUT2D eigenvalue weighted by atomic mass is 10.4. The molecule has 0 saturated heterocycles. The van der Waals surface area contributed by atoms with Crippen LogP contribution in [0.25, 0.3) is 0 Å². The zero-order valence-electron chi connectivity index (χ0n) is 13.6. The lowest BCUT2D eigenvalue weighted by Crippen LogP contribution is -2.16. The molecule has 1 aromatic heterocycles. The van der Waals surface area contributed by atoms with Gasteiger partial charge in [-0.05, 0) is 23.9 Å². The van der Waals surface area contributed by atoms with Gasteiger partial charge in [0.2, 0.25) is 11.0 Å². The van der Waals surface area contributed by atoms with Gasteiger partial charge in [-0.15, -0.1) is 5.10 Å². The largest absolute Gasteiger partial charge is 0.463 e. The Morgan fingerprint density at radius 2 is 2.04 bits per heavy atom. The van der Waals surface area contributed by atoms with Crippen LogP contribution in [-0.2, 0) is 25.7 Å². The molecule has 0 aliphatic rings. The van der Waals surface area contributed by atoms with E-state index in [1.54, 1.807) is 18.2 Å². The number of hydrogen-bond acceptors (Lipinski definition) is 8. The summed E-state index contributed by atoms with van der Waals surface area (Å²) in [5, 5.41) is 4.29. The summed E-state index contributed by atoms with van der Waals surface area (Å²) in [4.78, 5) is 26.8. The van der Waals surface area contributed by atoms with Gasteiger partial charge in [-0.3, -0.25) is 4.79 Å². The van der Waals surface area contributed by atoms with Crippen LogP contribution >= 0.6 is 11.8 Å². The fourth-order valence-corrected chi connectivity index (χ4v) is 2.50. The molecule has 25 heavy (non-hydrogen) atoms. The maximum absolute atomic E-state index is 13.7. The summed E-state index contributed by atoms with van der Waals surface area (Å²) in [5.74, 6) is -1.60. The third-order valence-corrected chi connectivity index (χ3v) is 3.71. The van der Waals surface area contributed by atoms with Crippen LogP contribution < -0.4 is 0 Å². The zero-order chi connectivity index (χ0) is 18.2. The van der Waals surface area contributed by atoms with Gasteiger partial charge in [0.25, 0.3) is 0 Å². The Balaban J connectivity index is 2.07. The van der Waals surface area contributed by atoms with Gasteiger partial charge < -0.3 is 14.2 Å². The summed E-state index contributed by atoms with van der Waals surface area (Å²) in [5.41, 5.74) is 0. The maximum atomic E-state index is 13.7. The van der Waals surface area contributed by atoms with E-state index in [1.807, 2.05) is 0 Å². The van der Waals surface area contributed by atoms with Crippen LogP contribution in [-0.4, -0.2) is 47.0 Å². The Labute approximate surface area is 147 Å². The van der Waals surface area contributed by atoms with Crippen LogP contribution in [0.1, 0.15) is 17.5 Å². The minimum absolute atomic E-state index is 0.0752. The predicted octanol–water partition coefficient (Wildman–Crippen LogP) is 1.89. The van der Waals surface area contributed by atoms with E-state index >= 15 is 0 Å². The fraction of sp³-hybridized carbons (Fsp3) is 0.333. The van der Waals surface area contributed by atoms with Crippen molar-refractivity contribution in [2.45, 2.75) is 23.7 Å². The van der Waals surface area contributed by atoms with Gasteiger partial charge in [0.15, 0.2) is 0 Å². The summed E-state index contributed by atoms with van der Waals surface area (Å²) >= 11 is 0.974. The van der Waals surface area contributed by atoms with Crippen LogP contribution in [0, 0.1) is 5.82 Å². The van der Waals surface area contributed by atoms with Gasteiger partial charge in [0.05, 0.1) is 18.6 Å². The molecule has 2 aromatic rings. The number of methoxy groups -OCH3 is 1. The van der Waals surface area contributed by atoms with Gasteiger partial charge in [-0.2, -0.15) is 4.98 Å². The summed E-state index contributed by atoms with van der Waals surface area (Å²) in [6, 6.07) is 6.15. The number of esters is 2. The van der Waals surface area contributed by atoms with Crippen molar-refractivity contribution in [1.82, 2.24) is 14.8 Å². The van der Waals surface area contributed by atoms with E-state index in [1.165, 1.54) is 24.8 Å². The number of nitrogens with zero attached hydrogens (tertiary/aromatic N) is 3. The van der Waals surface area contributed by atoms with E-state index in [2.05, 4.69) is 14.8 Å². The molecule has 0 bridgehead atoms. The van der Waals surface area contributed by atoms with Crippen molar-refractivity contribution in [3.05, 3.63) is 35.9 Å². The standard InChI is InChI=1S/C15H16FN3O5S/c1-10(20)24-8-7-23-9-19-13(14(21)22-2)17-15(18-19)25-12-6-4-3-5-11(12)16/h3-6H,7-9H2,1-2H3. The maximum Gasteiger partial charge on any atom is 0.375 e. The molecule has 0 saturated carbocycles. The molecule has 0 spiro atoms. The van der Waals surface area contributed by atoms with Crippen LogP contribution in [0.4, 0.5) is 4.39 Å². The minimum atomic E-state index is -0.698. The molecule has 8 nitrogen and oxygen atoms in total. The third kappa shape index (κ3) is 5.54. The summed E-state index contributed by atoms with van der Waals surface area (Å²) in [6.45, 7) is 1.39. The average molecular weight is 369 g/mol. The zero-order valence-corrected chi connectivity index (χ0v) is 14.4. The molecule has 0 unspecified atom stereocenters. The van der Waals surface area contributed by atoms with Gasteiger partial charge in [-0.1, -0.05) is 12.1 Å². The van der Waals surface area contributed by atoms with E-state index in [0.29, 0.717) is 4.90 Å². The van der Waals surface area contributed by atoms with Crippen molar-refractivity contribution in [3.63, 3.8) is 0 Å². The number of halogens is 1. The first kappa shape index (κ1) is 18.9. The number of aromatic nitrogens is 3. The predicted molar refractivity (Wildman–Crippen MR) is 84.5 cm³/mol. The van der Waals surface area contributed by atoms with E-state index in [0.717, 1.165) is 11.8 Å². The second-order valence-electron chi connectivity index (χ2n) is 4.62. The van der Waals surface area contributed by atoms with E-state index in [9.17, 15) is 14.0 Å². The Morgan fingerprint density at radius 1 is 1.28 bits per heavy atom. The Bertz CT molecular complexity index is 753. The first-order chi connectivity index (χ1) is 12.0. The number of benzene rings is 1. The van der Waals surface area contributed by atoms with E-state index in [-0.39, 0.29) is 30.9 Å². The van der Waals surface area contributed by atoms with Crippen molar-refractivity contribution >= 4 is 23.7 Å². The van der Waals surface area contributed by atoms with Crippen molar-refractivity contribution < 1.29 is 28.2 Å². The second-order valence-corrected chi connectivity index (χ2v) is 5.63. The van der Waals surface area contributed by atoms with Crippen molar-refractivity contribution in [3.8, 4) is 0 Å². The number of rotatable bonds is 8. The molecule has 0 fully saturated rings. The Kier molecular flexibility index (Phi) is 6.90. The van der Waals surface area contributed by atoms with Crippen molar-refractivity contribution in [2.75, 3.05) is 20.3 Å². The van der Waals surface area contributed by atoms with E-state index < -0.39 is 17.8 Å². The highest BCUT2D eigenvalue weighted by Gasteiger charge is 2.19. The molecular weight excluding hydrogens is 353 g/mol. The van der Waals surface area contributed by atoms with E-state index in [4.69, 9.17) is 9.47 Å². The van der Waals surface area contributed by atoms with Crippen LogP contribution in [0.3, 0.4) is 0 Å². The lowest BCUT2D eigenvalue weighted by Gasteiger charge is -2.06. The smallest absolute Gasteiger partial charge is 0.375 e. The SMILES string of the molecule is COC(=O)c1nc(Sc2ccccc2F)nn1COCCOC(C)=O. The van der Waals surface area contributed by atoms with Gasteiger partial charge in [0.1, 0.15) is 19.2 Å². The van der Waals surface area contributed by atoms with Gasteiger partial charge >= 0.3 is 11.9 Å². The Hall–Kier alpha value is -2.46. The first-order valence-electron chi connectivity index (χ1n) is 7.18. The monoisotopic (exact) mass is 369 g/mol. The Morgan fingerprint density at radius 3 is 2.72 bits per heavy atom. The molecule has 10 heteroatoms. The number of hydrogen-bond donors (Lipinski definition) is 0. The topological polar surface area (TPSA) is 92.5 Å². The molecule has 0 N–H and O–H groups in total. The van der Waals surface area contributed by atoms with Crippen molar-refractivity contribution in [1.29, 1.82) is 0 Å². The quantitative estimate of drug-likeness (QED) is 0.514. The highest BCUT2D eigenvalue weighted by atomic mass is 32.2. The molecule has 1 aromatic carbocycles. The highest BCUT2D eigenvalue weighted by Crippen LogP contribution is 2.27. The fourth-order valence-electron chi connectivity index (χ4n) is 1.72. The average Bonchev–Trinajstić information content (AvgIpc) is 2.98. The molecule has 0 aliphatic heterocycles. The molecule has 0 aliphatic carbocycles. The number of carbonyl (C=O) groups is 2. The summed E-state index contributed by atoms with van der Waals surface area (Å²) < 4.78 is 29.6. The lowest BCUT2D eigenvalue weighted by molar-refractivity contribution is -0.142. The normalized spacial score (nSPS) is 10.5. The molecule has 0 radical (unpaired) electrons. The molecule has 1 heterocycles. The van der Waals surface area contributed by atoms with Crippen LogP contribution in [0.5, 0.6) is 0 Å². The highest BCUT2D eigenvalue weighted by molar-refractivity contribution is 7.99. The summed E-state index contributed by atoms with van der Waals surface area (Å²) in [6.07, 6.45) is 0.